The van der Waals surface area contributed by atoms with Gasteiger partial charge in [0.05, 0.1) is 18.0 Å². The number of nitrogens with one attached hydrogen (secondary N) is 1. The maximum atomic E-state index is 13.7. The topological polar surface area (TPSA) is 60.2 Å². The zero-order valence-electron chi connectivity index (χ0n) is 11.0. The molecule has 0 radical (unpaired) electrons. The summed E-state index contributed by atoms with van der Waals surface area (Å²) < 4.78 is 19.8. The van der Waals surface area contributed by atoms with E-state index in [1.807, 2.05) is 6.92 Å². The molecule has 6 heteroatoms. The molecule has 1 aromatic heterocycles. The van der Waals surface area contributed by atoms with E-state index >= 15 is 0 Å². The lowest BCUT2D eigenvalue weighted by molar-refractivity contribution is 0.307. The van der Waals surface area contributed by atoms with Crippen LogP contribution in [0.15, 0.2) is 34.8 Å². The van der Waals surface area contributed by atoms with Crippen LogP contribution in [0.25, 0.3) is 0 Å². The van der Waals surface area contributed by atoms with Gasteiger partial charge in [0.15, 0.2) is 0 Å². The molecule has 0 amide bonds. The zero-order valence-corrected chi connectivity index (χ0v) is 12.6. The third kappa shape index (κ3) is 3.39. The standard InChI is InChI=1S/C14H15BrFN3O/c1-2-8-20-14-11(17)6-7-12(19-14)18-13-9(15)4-3-5-10(13)16/h3-7H,2,8,17H2,1H3,(H,18,19). The summed E-state index contributed by atoms with van der Waals surface area (Å²) in [5.41, 5.74) is 6.57. The molecule has 106 valence electrons. The molecule has 0 aliphatic carbocycles. The fraction of sp³-hybridized carbons (Fsp3) is 0.214. The van der Waals surface area contributed by atoms with E-state index in [0.29, 0.717) is 34.2 Å². The highest BCUT2D eigenvalue weighted by atomic mass is 79.9. The van der Waals surface area contributed by atoms with Crippen molar-refractivity contribution >= 4 is 33.1 Å². The van der Waals surface area contributed by atoms with Crippen LogP contribution in [0.5, 0.6) is 5.88 Å². The largest absolute Gasteiger partial charge is 0.476 e. The van der Waals surface area contributed by atoms with Crippen LogP contribution in [-0.4, -0.2) is 11.6 Å². The van der Waals surface area contributed by atoms with Gasteiger partial charge in [-0.15, -0.1) is 0 Å². The van der Waals surface area contributed by atoms with Gasteiger partial charge in [-0.1, -0.05) is 13.0 Å². The number of rotatable bonds is 5. The molecule has 0 fully saturated rings. The number of aromatic nitrogens is 1. The van der Waals surface area contributed by atoms with Crippen molar-refractivity contribution in [3.8, 4) is 5.88 Å². The summed E-state index contributed by atoms with van der Waals surface area (Å²) in [4.78, 5) is 4.24. The summed E-state index contributed by atoms with van der Waals surface area (Å²) >= 11 is 3.29. The fourth-order valence-electron chi connectivity index (χ4n) is 1.58. The fourth-order valence-corrected chi connectivity index (χ4v) is 2.02. The molecule has 1 aromatic carbocycles. The van der Waals surface area contributed by atoms with Gasteiger partial charge in [-0.3, -0.25) is 0 Å². The second-order valence-electron chi connectivity index (χ2n) is 4.16. The SMILES string of the molecule is CCCOc1nc(Nc2c(F)cccc2Br)ccc1N. The van der Waals surface area contributed by atoms with Crippen molar-refractivity contribution < 1.29 is 9.13 Å². The summed E-state index contributed by atoms with van der Waals surface area (Å²) in [5, 5.41) is 2.92. The first-order chi connectivity index (χ1) is 9.61. The summed E-state index contributed by atoms with van der Waals surface area (Å²) in [6, 6.07) is 8.09. The van der Waals surface area contributed by atoms with Gasteiger partial charge >= 0.3 is 0 Å². The smallest absolute Gasteiger partial charge is 0.239 e. The van der Waals surface area contributed by atoms with Crippen LogP contribution < -0.4 is 15.8 Å². The van der Waals surface area contributed by atoms with E-state index in [-0.39, 0.29) is 5.82 Å². The van der Waals surface area contributed by atoms with Crippen molar-refractivity contribution in [1.29, 1.82) is 0 Å². The Kier molecular flexibility index (Phi) is 4.79. The summed E-state index contributed by atoms with van der Waals surface area (Å²) in [6.45, 7) is 2.53. The molecule has 2 rings (SSSR count). The molecule has 4 nitrogen and oxygen atoms in total. The summed E-state index contributed by atoms with van der Waals surface area (Å²) in [5.74, 6) is 0.453. The zero-order chi connectivity index (χ0) is 14.5. The predicted octanol–water partition coefficient (Wildman–Crippen LogP) is 4.10. The molecule has 0 aliphatic heterocycles. The molecule has 0 saturated carbocycles. The van der Waals surface area contributed by atoms with Gasteiger partial charge < -0.3 is 15.8 Å². The van der Waals surface area contributed by atoms with Gasteiger partial charge in [0.2, 0.25) is 5.88 Å². The van der Waals surface area contributed by atoms with Gasteiger partial charge in [-0.25, -0.2) is 4.39 Å². The number of para-hydroxylation sites is 1. The van der Waals surface area contributed by atoms with Crippen LogP contribution in [0.3, 0.4) is 0 Å². The van der Waals surface area contributed by atoms with Gasteiger partial charge in [0, 0.05) is 4.47 Å². The van der Waals surface area contributed by atoms with E-state index in [1.165, 1.54) is 6.07 Å². The first kappa shape index (κ1) is 14.6. The van der Waals surface area contributed by atoms with E-state index in [2.05, 4.69) is 26.2 Å². The second kappa shape index (κ2) is 6.56. The molecule has 0 atom stereocenters. The number of hydrogen-bond acceptors (Lipinski definition) is 4. The lowest BCUT2D eigenvalue weighted by atomic mass is 10.3. The maximum absolute atomic E-state index is 13.7. The van der Waals surface area contributed by atoms with Crippen LogP contribution in [0, 0.1) is 5.82 Å². The minimum atomic E-state index is -0.367. The number of hydrogen-bond donors (Lipinski definition) is 2. The minimum absolute atomic E-state index is 0.325. The Balaban J connectivity index is 2.25. The lowest BCUT2D eigenvalue weighted by Gasteiger charge is -2.12. The first-order valence-corrected chi connectivity index (χ1v) is 7.01. The first-order valence-electron chi connectivity index (χ1n) is 6.22. The van der Waals surface area contributed by atoms with E-state index in [0.717, 1.165) is 6.42 Å². The number of nitrogens with zero attached hydrogens (tertiary/aromatic N) is 1. The average molecular weight is 340 g/mol. The molecule has 0 aliphatic rings. The molecular formula is C14H15BrFN3O. The highest BCUT2D eigenvalue weighted by Gasteiger charge is 2.09. The Hall–Kier alpha value is -1.82. The molecule has 0 unspecified atom stereocenters. The Labute approximate surface area is 125 Å². The van der Waals surface area contributed by atoms with E-state index < -0.39 is 0 Å². The Morgan fingerprint density at radius 1 is 1.35 bits per heavy atom. The van der Waals surface area contributed by atoms with E-state index in [4.69, 9.17) is 10.5 Å². The van der Waals surface area contributed by atoms with Crippen LogP contribution in [-0.2, 0) is 0 Å². The number of ether oxygens (including phenoxy) is 1. The van der Waals surface area contributed by atoms with Crippen molar-refractivity contribution in [2.75, 3.05) is 17.7 Å². The molecule has 0 saturated heterocycles. The highest BCUT2D eigenvalue weighted by molar-refractivity contribution is 9.10. The van der Waals surface area contributed by atoms with Gasteiger partial charge in [0.1, 0.15) is 11.6 Å². The summed E-state index contributed by atoms with van der Waals surface area (Å²) in [6.07, 6.45) is 0.859. The van der Waals surface area contributed by atoms with Crippen molar-refractivity contribution in [2.45, 2.75) is 13.3 Å². The number of benzene rings is 1. The number of nitrogen functional groups attached to an aromatic ring is 1. The second-order valence-corrected chi connectivity index (χ2v) is 5.02. The minimum Gasteiger partial charge on any atom is -0.476 e. The third-order valence-electron chi connectivity index (χ3n) is 2.55. The Bertz CT molecular complexity index is 587. The molecule has 0 spiro atoms. The van der Waals surface area contributed by atoms with E-state index in [1.54, 1.807) is 24.3 Å². The molecule has 3 N–H and O–H groups in total. The van der Waals surface area contributed by atoms with Crippen molar-refractivity contribution in [3.05, 3.63) is 40.6 Å². The third-order valence-corrected chi connectivity index (χ3v) is 3.21. The average Bonchev–Trinajstić information content (AvgIpc) is 2.43. The highest BCUT2D eigenvalue weighted by Crippen LogP contribution is 2.29. The van der Waals surface area contributed by atoms with Crippen LogP contribution >= 0.6 is 15.9 Å². The number of halogens is 2. The molecule has 2 aromatic rings. The normalized spacial score (nSPS) is 10.3. The quantitative estimate of drug-likeness (QED) is 0.860. The van der Waals surface area contributed by atoms with Gasteiger partial charge in [0.25, 0.3) is 0 Å². The monoisotopic (exact) mass is 339 g/mol. The maximum Gasteiger partial charge on any atom is 0.239 e. The Morgan fingerprint density at radius 2 is 2.15 bits per heavy atom. The van der Waals surface area contributed by atoms with Crippen LogP contribution in [0.1, 0.15) is 13.3 Å². The molecule has 0 bridgehead atoms. The number of anilines is 3. The van der Waals surface area contributed by atoms with E-state index in [9.17, 15) is 4.39 Å². The molecule has 20 heavy (non-hydrogen) atoms. The predicted molar refractivity (Wildman–Crippen MR) is 81.8 cm³/mol. The summed E-state index contributed by atoms with van der Waals surface area (Å²) in [7, 11) is 0. The van der Waals surface area contributed by atoms with Crippen molar-refractivity contribution in [3.63, 3.8) is 0 Å². The van der Waals surface area contributed by atoms with Gasteiger partial charge in [-0.2, -0.15) is 4.98 Å². The molecular weight excluding hydrogens is 325 g/mol. The molecule has 1 heterocycles. The Morgan fingerprint density at radius 3 is 2.85 bits per heavy atom. The van der Waals surface area contributed by atoms with Crippen molar-refractivity contribution in [1.82, 2.24) is 4.98 Å². The number of pyridine rings is 1. The lowest BCUT2D eigenvalue weighted by Crippen LogP contribution is -2.04. The van der Waals surface area contributed by atoms with Crippen LogP contribution in [0.2, 0.25) is 0 Å². The van der Waals surface area contributed by atoms with Crippen LogP contribution in [0.4, 0.5) is 21.6 Å². The van der Waals surface area contributed by atoms with Crippen molar-refractivity contribution in [2.24, 2.45) is 0 Å². The van der Waals surface area contributed by atoms with Gasteiger partial charge in [-0.05, 0) is 46.6 Å². The number of nitrogens with two attached hydrogens (primary N) is 1.